The lowest BCUT2D eigenvalue weighted by atomic mass is 10.4. The number of aromatic nitrogens is 1. The van der Waals surface area contributed by atoms with Gasteiger partial charge in [0.15, 0.2) is 5.13 Å². The van der Waals surface area contributed by atoms with Crippen LogP contribution in [0.25, 0.3) is 0 Å². The van der Waals surface area contributed by atoms with Crippen LogP contribution < -0.4 is 10.2 Å². The Bertz CT molecular complexity index is 505. The summed E-state index contributed by atoms with van der Waals surface area (Å²) in [6.07, 6.45) is 4.27. The molecule has 1 saturated carbocycles. The van der Waals surface area contributed by atoms with Crippen LogP contribution >= 0.6 is 11.3 Å². The first-order chi connectivity index (χ1) is 9.36. The van der Waals surface area contributed by atoms with Gasteiger partial charge < -0.3 is 14.6 Å². The number of nitrogens with one attached hydrogen (secondary N) is 1. The van der Waals surface area contributed by atoms with Crippen molar-refractivity contribution in [3.63, 3.8) is 0 Å². The largest absolute Gasteiger partial charge is 0.467 e. The molecule has 0 saturated heterocycles. The van der Waals surface area contributed by atoms with E-state index in [0.717, 1.165) is 36.2 Å². The second kappa shape index (κ2) is 5.75. The van der Waals surface area contributed by atoms with Gasteiger partial charge in [0.25, 0.3) is 0 Å². The van der Waals surface area contributed by atoms with Crippen molar-refractivity contribution >= 4 is 16.5 Å². The molecule has 5 heteroatoms. The second-order valence-corrected chi connectivity index (χ2v) is 5.68. The van der Waals surface area contributed by atoms with Gasteiger partial charge in [-0.15, -0.1) is 11.3 Å². The summed E-state index contributed by atoms with van der Waals surface area (Å²) in [5.74, 6) is 1.01. The van der Waals surface area contributed by atoms with Crippen LogP contribution in [-0.4, -0.2) is 17.6 Å². The molecule has 1 N–H and O–H groups in total. The quantitative estimate of drug-likeness (QED) is 0.844. The zero-order valence-corrected chi connectivity index (χ0v) is 11.9. The number of anilines is 1. The van der Waals surface area contributed by atoms with E-state index in [4.69, 9.17) is 9.40 Å². The standard InChI is InChI=1S/C14H19N3OS/c1-2-15-8-11-10-19-14(16-11)17(12-5-6-12)9-13-4-3-7-18-13/h3-4,7,10,12,15H,2,5-6,8-9H2,1H3. The topological polar surface area (TPSA) is 41.3 Å². The molecule has 0 bridgehead atoms. The minimum atomic E-state index is 0.642. The molecular formula is C14H19N3OS. The minimum absolute atomic E-state index is 0.642. The fourth-order valence-electron chi connectivity index (χ4n) is 2.07. The van der Waals surface area contributed by atoms with Crippen molar-refractivity contribution in [1.82, 2.24) is 10.3 Å². The van der Waals surface area contributed by atoms with Crippen molar-refractivity contribution < 1.29 is 4.42 Å². The lowest BCUT2D eigenvalue weighted by Crippen LogP contribution is -2.24. The number of thiazole rings is 1. The Hall–Kier alpha value is -1.33. The lowest BCUT2D eigenvalue weighted by Gasteiger charge is -2.19. The van der Waals surface area contributed by atoms with Crippen LogP contribution in [0.1, 0.15) is 31.2 Å². The Balaban J connectivity index is 1.70. The second-order valence-electron chi connectivity index (χ2n) is 4.84. The molecule has 2 heterocycles. The first-order valence-electron chi connectivity index (χ1n) is 6.81. The van der Waals surface area contributed by atoms with Gasteiger partial charge in [-0.3, -0.25) is 0 Å². The SMILES string of the molecule is CCNCc1csc(N(Cc2ccco2)C2CC2)n1. The van der Waals surface area contributed by atoms with Crippen molar-refractivity contribution in [2.24, 2.45) is 0 Å². The fourth-order valence-corrected chi connectivity index (χ4v) is 2.97. The summed E-state index contributed by atoms with van der Waals surface area (Å²) in [4.78, 5) is 7.10. The van der Waals surface area contributed by atoms with E-state index in [9.17, 15) is 0 Å². The van der Waals surface area contributed by atoms with Gasteiger partial charge >= 0.3 is 0 Å². The van der Waals surface area contributed by atoms with Crippen molar-refractivity contribution in [1.29, 1.82) is 0 Å². The van der Waals surface area contributed by atoms with E-state index in [0.29, 0.717) is 6.04 Å². The minimum Gasteiger partial charge on any atom is -0.467 e. The average Bonchev–Trinajstić information content (AvgIpc) is 2.94. The number of furan rings is 1. The Kier molecular flexibility index (Phi) is 3.84. The predicted octanol–water partition coefficient (Wildman–Crippen LogP) is 3.01. The third kappa shape index (κ3) is 3.16. The van der Waals surface area contributed by atoms with Gasteiger partial charge in [0.1, 0.15) is 5.76 Å². The third-order valence-electron chi connectivity index (χ3n) is 3.24. The molecule has 19 heavy (non-hydrogen) atoms. The first kappa shape index (κ1) is 12.7. The third-order valence-corrected chi connectivity index (χ3v) is 4.16. The van der Waals surface area contributed by atoms with E-state index < -0.39 is 0 Å². The summed E-state index contributed by atoms with van der Waals surface area (Å²) >= 11 is 1.73. The number of hydrogen-bond donors (Lipinski definition) is 1. The fraction of sp³-hybridized carbons (Fsp3) is 0.500. The Morgan fingerprint density at radius 2 is 2.42 bits per heavy atom. The molecule has 1 aliphatic carbocycles. The van der Waals surface area contributed by atoms with E-state index in [1.165, 1.54) is 12.8 Å². The smallest absolute Gasteiger partial charge is 0.186 e. The van der Waals surface area contributed by atoms with Crippen molar-refractivity contribution in [2.45, 2.75) is 38.9 Å². The molecule has 1 fully saturated rings. The average molecular weight is 277 g/mol. The van der Waals surface area contributed by atoms with Gasteiger partial charge in [0.2, 0.25) is 0 Å². The van der Waals surface area contributed by atoms with Gasteiger partial charge in [-0.05, 0) is 31.5 Å². The van der Waals surface area contributed by atoms with Gasteiger partial charge in [-0.25, -0.2) is 4.98 Å². The summed E-state index contributed by atoms with van der Waals surface area (Å²) in [7, 11) is 0. The lowest BCUT2D eigenvalue weighted by molar-refractivity contribution is 0.501. The Morgan fingerprint density at radius 1 is 1.53 bits per heavy atom. The predicted molar refractivity (Wildman–Crippen MR) is 77.4 cm³/mol. The summed E-state index contributed by atoms with van der Waals surface area (Å²) in [5, 5.41) is 6.58. The summed E-state index contributed by atoms with van der Waals surface area (Å²) in [5.41, 5.74) is 1.13. The molecule has 2 aromatic heterocycles. The molecule has 102 valence electrons. The zero-order valence-electron chi connectivity index (χ0n) is 11.1. The molecular weight excluding hydrogens is 258 g/mol. The first-order valence-corrected chi connectivity index (χ1v) is 7.69. The molecule has 0 amide bonds. The molecule has 1 aliphatic rings. The number of rotatable bonds is 7. The van der Waals surface area contributed by atoms with Crippen molar-refractivity contribution in [2.75, 3.05) is 11.4 Å². The molecule has 0 atom stereocenters. The maximum Gasteiger partial charge on any atom is 0.186 e. The van der Waals surface area contributed by atoms with Crippen LogP contribution in [0, 0.1) is 0 Å². The molecule has 0 unspecified atom stereocenters. The highest BCUT2D eigenvalue weighted by Crippen LogP contribution is 2.34. The molecule has 3 rings (SSSR count). The summed E-state index contributed by atoms with van der Waals surface area (Å²) < 4.78 is 5.46. The number of hydrogen-bond acceptors (Lipinski definition) is 5. The molecule has 2 aromatic rings. The van der Waals surface area contributed by atoms with Crippen LogP contribution in [0.5, 0.6) is 0 Å². The summed E-state index contributed by atoms with van der Waals surface area (Å²) in [6.45, 7) is 4.77. The highest BCUT2D eigenvalue weighted by Gasteiger charge is 2.31. The Morgan fingerprint density at radius 3 is 3.11 bits per heavy atom. The van der Waals surface area contributed by atoms with Crippen molar-refractivity contribution in [3.05, 3.63) is 35.2 Å². The van der Waals surface area contributed by atoms with Crippen LogP contribution in [-0.2, 0) is 13.1 Å². The zero-order chi connectivity index (χ0) is 13.1. The summed E-state index contributed by atoms with van der Waals surface area (Å²) in [6, 6.07) is 4.62. The molecule has 0 radical (unpaired) electrons. The van der Waals surface area contributed by atoms with E-state index >= 15 is 0 Å². The van der Waals surface area contributed by atoms with Gasteiger partial charge in [0, 0.05) is 18.0 Å². The monoisotopic (exact) mass is 277 g/mol. The van der Waals surface area contributed by atoms with Crippen LogP contribution in [0.15, 0.2) is 28.2 Å². The molecule has 0 aromatic carbocycles. The Labute approximate surface area is 117 Å². The number of nitrogens with zero attached hydrogens (tertiary/aromatic N) is 2. The van der Waals surface area contributed by atoms with E-state index in [2.05, 4.69) is 22.5 Å². The van der Waals surface area contributed by atoms with Gasteiger partial charge in [0.05, 0.1) is 18.5 Å². The molecule has 0 aliphatic heterocycles. The van der Waals surface area contributed by atoms with Crippen molar-refractivity contribution in [3.8, 4) is 0 Å². The highest BCUT2D eigenvalue weighted by molar-refractivity contribution is 7.13. The van der Waals surface area contributed by atoms with E-state index in [1.54, 1.807) is 17.6 Å². The van der Waals surface area contributed by atoms with Gasteiger partial charge in [-0.2, -0.15) is 0 Å². The maximum atomic E-state index is 5.46. The highest BCUT2D eigenvalue weighted by atomic mass is 32.1. The van der Waals surface area contributed by atoms with E-state index in [-0.39, 0.29) is 0 Å². The maximum absolute atomic E-state index is 5.46. The van der Waals surface area contributed by atoms with Gasteiger partial charge in [-0.1, -0.05) is 6.92 Å². The molecule has 0 spiro atoms. The van der Waals surface area contributed by atoms with E-state index in [1.807, 2.05) is 12.1 Å². The van der Waals surface area contributed by atoms with Crippen LogP contribution in [0.4, 0.5) is 5.13 Å². The van der Waals surface area contributed by atoms with Crippen LogP contribution in [0.3, 0.4) is 0 Å². The van der Waals surface area contributed by atoms with Crippen LogP contribution in [0.2, 0.25) is 0 Å². The normalized spacial score (nSPS) is 14.8. The molecule has 4 nitrogen and oxygen atoms in total.